The molecule has 0 saturated carbocycles. The molecule has 42 valence electrons. The van der Waals surface area contributed by atoms with Crippen LogP contribution in [0.1, 0.15) is 26.2 Å². The van der Waals surface area contributed by atoms with Crippen LogP contribution < -0.4 is 0 Å². The fraction of sp³-hybridized carbons (Fsp3) is 1.00. The molecule has 0 N–H and O–H groups in total. The van der Waals surface area contributed by atoms with Gasteiger partial charge in [-0.3, -0.25) is 0 Å². The summed E-state index contributed by atoms with van der Waals surface area (Å²) >= 11 is -0.542. The summed E-state index contributed by atoms with van der Waals surface area (Å²) in [6.45, 7) is 2.15. The standard InChI is InChI=1S/C5H11AsO/c1-2-3-4-5-6-7/h2-5H2,1H3. The molecule has 0 fully saturated rings. The molecule has 0 radical (unpaired) electrons. The van der Waals surface area contributed by atoms with Crippen molar-refractivity contribution in [1.29, 1.82) is 0 Å². The van der Waals surface area contributed by atoms with Gasteiger partial charge in [0.05, 0.1) is 0 Å². The van der Waals surface area contributed by atoms with Crippen molar-refractivity contribution in [1.82, 2.24) is 0 Å². The van der Waals surface area contributed by atoms with Crippen molar-refractivity contribution in [2.75, 3.05) is 0 Å². The minimum atomic E-state index is -0.542. The van der Waals surface area contributed by atoms with Crippen LogP contribution in [0.3, 0.4) is 0 Å². The molecule has 2 heteroatoms. The average molecular weight is 162 g/mol. The Morgan fingerprint density at radius 2 is 2.14 bits per heavy atom. The van der Waals surface area contributed by atoms with Gasteiger partial charge in [0.15, 0.2) is 0 Å². The maximum absolute atomic E-state index is 9.90. The molecule has 0 rings (SSSR count). The molecule has 0 spiro atoms. The molecule has 0 aromatic heterocycles. The third-order valence-electron chi connectivity index (χ3n) is 0.853. The SMILES string of the molecule is CCCCC[As]=O. The summed E-state index contributed by atoms with van der Waals surface area (Å²) < 4.78 is 9.90. The van der Waals surface area contributed by atoms with Crippen LogP contribution in [0.25, 0.3) is 0 Å². The Morgan fingerprint density at radius 1 is 1.43 bits per heavy atom. The molecule has 0 aliphatic heterocycles. The van der Waals surface area contributed by atoms with E-state index in [1.54, 1.807) is 0 Å². The van der Waals surface area contributed by atoms with E-state index in [-0.39, 0.29) is 0 Å². The van der Waals surface area contributed by atoms with Crippen molar-refractivity contribution in [2.24, 2.45) is 0 Å². The van der Waals surface area contributed by atoms with Crippen molar-refractivity contribution in [2.45, 2.75) is 31.4 Å². The maximum atomic E-state index is 9.90. The summed E-state index contributed by atoms with van der Waals surface area (Å²) in [5.74, 6) is 0. The van der Waals surface area contributed by atoms with E-state index < -0.39 is 15.7 Å². The Hall–Kier alpha value is 0.358. The van der Waals surface area contributed by atoms with Crippen molar-refractivity contribution in [3.05, 3.63) is 0 Å². The summed E-state index contributed by atoms with van der Waals surface area (Å²) in [6.07, 6.45) is 3.65. The van der Waals surface area contributed by atoms with E-state index in [0.29, 0.717) is 0 Å². The molecule has 0 amide bonds. The molecule has 0 heterocycles. The van der Waals surface area contributed by atoms with E-state index in [2.05, 4.69) is 6.92 Å². The second-order valence-corrected chi connectivity index (χ2v) is 3.04. The third-order valence-corrected chi connectivity index (χ3v) is 1.90. The second kappa shape index (κ2) is 6.36. The van der Waals surface area contributed by atoms with Gasteiger partial charge in [0.1, 0.15) is 0 Å². The molecule has 1 nitrogen and oxygen atoms in total. The molecule has 0 aliphatic carbocycles. The van der Waals surface area contributed by atoms with E-state index in [1.165, 1.54) is 19.3 Å². The topological polar surface area (TPSA) is 17.1 Å². The average Bonchev–Trinajstić information content (AvgIpc) is 1.69. The van der Waals surface area contributed by atoms with Crippen LogP contribution in [-0.4, -0.2) is 15.7 Å². The van der Waals surface area contributed by atoms with Gasteiger partial charge in [-0.25, -0.2) is 0 Å². The molecular formula is C5H11AsO. The molecule has 0 bridgehead atoms. The fourth-order valence-electron chi connectivity index (χ4n) is 0.426. The van der Waals surface area contributed by atoms with Crippen LogP contribution in [-0.2, 0) is 3.74 Å². The number of unbranched alkanes of at least 4 members (excludes halogenated alkanes) is 2. The van der Waals surface area contributed by atoms with Crippen molar-refractivity contribution >= 4 is 15.7 Å². The summed E-state index contributed by atoms with van der Waals surface area (Å²) in [6, 6.07) is 0. The molecule has 0 aliphatic rings. The molecular weight excluding hydrogens is 151 g/mol. The van der Waals surface area contributed by atoms with Gasteiger partial charge in [0.2, 0.25) is 0 Å². The predicted octanol–water partition coefficient (Wildman–Crippen LogP) is 1.64. The molecule has 0 saturated heterocycles. The van der Waals surface area contributed by atoms with E-state index in [1.807, 2.05) is 0 Å². The predicted molar refractivity (Wildman–Crippen MR) is 30.8 cm³/mol. The Labute approximate surface area is 51.4 Å². The van der Waals surface area contributed by atoms with Crippen LogP contribution in [0.5, 0.6) is 0 Å². The Bertz CT molecular complexity index is 45.3. The van der Waals surface area contributed by atoms with Crippen LogP contribution in [0.2, 0.25) is 5.21 Å². The van der Waals surface area contributed by atoms with Gasteiger partial charge in [-0.05, 0) is 0 Å². The van der Waals surface area contributed by atoms with Crippen LogP contribution >= 0.6 is 0 Å². The third kappa shape index (κ3) is 6.36. The van der Waals surface area contributed by atoms with E-state index in [0.717, 1.165) is 5.21 Å². The monoisotopic (exact) mass is 162 g/mol. The number of hydrogen-bond donors (Lipinski definition) is 0. The molecule has 0 atom stereocenters. The first-order valence-electron chi connectivity index (χ1n) is 2.71. The summed E-state index contributed by atoms with van der Waals surface area (Å²) in [4.78, 5) is 0. The van der Waals surface area contributed by atoms with E-state index in [9.17, 15) is 3.74 Å². The van der Waals surface area contributed by atoms with Crippen molar-refractivity contribution in [3.63, 3.8) is 0 Å². The molecule has 0 unspecified atom stereocenters. The van der Waals surface area contributed by atoms with Crippen LogP contribution in [0, 0.1) is 0 Å². The molecule has 7 heavy (non-hydrogen) atoms. The second-order valence-electron chi connectivity index (χ2n) is 1.56. The van der Waals surface area contributed by atoms with Crippen molar-refractivity contribution < 1.29 is 3.74 Å². The minimum absolute atomic E-state index is 0.542. The van der Waals surface area contributed by atoms with E-state index in [4.69, 9.17) is 0 Å². The zero-order chi connectivity index (χ0) is 5.54. The molecule has 0 aromatic carbocycles. The summed E-state index contributed by atoms with van der Waals surface area (Å²) in [5, 5.41) is 0.963. The summed E-state index contributed by atoms with van der Waals surface area (Å²) in [5.41, 5.74) is 0. The van der Waals surface area contributed by atoms with Crippen LogP contribution in [0.15, 0.2) is 0 Å². The van der Waals surface area contributed by atoms with Gasteiger partial charge in [0, 0.05) is 0 Å². The normalized spacial score (nSPS) is 9.86. The Balaban J connectivity index is 2.56. The molecule has 0 aromatic rings. The van der Waals surface area contributed by atoms with Gasteiger partial charge in [-0.1, -0.05) is 0 Å². The van der Waals surface area contributed by atoms with Crippen molar-refractivity contribution in [3.8, 4) is 0 Å². The Morgan fingerprint density at radius 3 is 2.57 bits per heavy atom. The number of rotatable bonds is 4. The summed E-state index contributed by atoms with van der Waals surface area (Å²) in [7, 11) is 0. The first-order valence-corrected chi connectivity index (χ1v) is 4.80. The quantitative estimate of drug-likeness (QED) is 0.453. The van der Waals surface area contributed by atoms with Gasteiger partial charge in [-0.15, -0.1) is 0 Å². The first-order chi connectivity index (χ1) is 3.41. The van der Waals surface area contributed by atoms with Gasteiger partial charge in [0.25, 0.3) is 0 Å². The Kier molecular flexibility index (Phi) is 6.68. The van der Waals surface area contributed by atoms with Gasteiger partial charge >= 0.3 is 50.8 Å². The fourth-order valence-corrected chi connectivity index (χ4v) is 1.17. The van der Waals surface area contributed by atoms with E-state index >= 15 is 0 Å². The number of hydrogen-bond acceptors (Lipinski definition) is 1. The zero-order valence-corrected chi connectivity index (χ0v) is 6.56. The van der Waals surface area contributed by atoms with Gasteiger partial charge in [-0.2, -0.15) is 0 Å². The van der Waals surface area contributed by atoms with Crippen LogP contribution in [0.4, 0.5) is 0 Å². The first kappa shape index (κ1) is 7.36. The zero-order valence-electron chi connectivity index (χ0n) is 4.68. The van der Waals surface area contributed by atoms with Gasteiger partial charge < -0.3 is 0 Å².